The molecule has 0 spiro atoms. The molecule has 1 nitrogen and oxygen atoms in total. The Kier molecular flexibility index (Phi) is 3.84. The van der Waals surface area contributed by atoms with Crippen LogP contribution >= 0.6 is 0 Å². The molecule has 2 unspecified atom stereocenters. The zero-order valence-corrected chi connectivity index (χ0v) is 19.0. The van der Waals surface area contributed by atoms with Crippen LogP contribution in [0.4, 0.5) is 0 Å². The minimum atomic E-state index is 0.0640. The lowest BCUT2D eigenvalue weighted by Gasteiger charge is -2.46. The van der Waals surface area contributed by atoms with E-state index in [0.717, 1.165) is 24.7 Å². The SMILES string of the molecule is CCC1(C)c2ccccc2-c2cc3cc4c(cc3c[n+]2C1(C)CC)C1CCC4CC1. The van der Waals surface area contributed by atoms with Gasteiger partial charge in [0.25, 0.3) is 0 Å². The minimum Gasteiger partial charge on any atom is -0.192 e. The molecule has 2 heterocycles. The molecule has 0 radical (unpaired) electrons. The average molecular weight is 397 g/mol. The van der Waals surface area contributed by atoms with Crippen LogP contribution in [0, 0.1) is 0 Å². The third kappa shape index (κ3) is 2.17. The first-order chi connectivity index (χ1) is 14.5. The smallest absolute Gasteiger partial charge is 0.192 e. The van der Waals surface area contributed by atoms with Crippen LogP contribution in [0.25, 0.3) is 22.0 Å². The van der Waals surface area contributed by atoms with Gasteiger partial charge in [-0.3, -0.25) is 0 Å². The van der Waals surface area contributed by atoms with Crippen LogP contribution in [0.3, 0.4) is 0 Å². The molecule has 4 aliphatic rings. The fourth-order valence-electron chi connectivity index (χ4n) is 7.24. The summed E-state index contributed by atoms with van der Waals surface area (Å²) in [6, 6.07) is 16.8. The van der Waals surface area contributed by atoms with Crippen molar-refractivity contribution in [2.24, 2.45) is 0 Å². The monoisotopic (exact) mass is 396 g/mol. The van der Waals surface area contributed by atoms with Crippen LogP contribution in [-0.4, -0.2) is 0 Å². The van der Waals surface area contributed by atoms with Crippen molar-refractivity contribution in [1.82, 2.24) is 0 Å². The molecular formula is C29H34N+. The van der Waals surface area contributed by atoms with E-state index in [1.54, 1.807) is 11.1 Å². The number of benzene rings is 2. The summed E-state index contributed by atoms with van der Waals surface area (Å²) >= 11 is 0. The average Bonchev–Trinajstić information content (AvgIpc) is 2.81. The maximum Gasteiger partial charge on any atom is 0.213 e. The van der Waals surface area contributed by atoms with Crippen LogP contribution in [0.2, 0.25) is 0 Å². The Morgan fingerprint density at radius 3 is 2.10 bits per heavy atom. The Morgan fingerprint density at radius 2 is 1.47 bits per heavy atom. The van der Waals surface area contributed by atoms with Gasteiger partial charge in [-0.25, -0.2) is 0 Å². The lowest BCUT2D eigenvalue weighted by atomic mass is 9.60. The Balaban J connectivity index is 1.68. The molecule has 2 bridgehead atoms. The van der Waals surface area contributed by atoms with Crippen molar-refractivity contribution in [1.29, 1.82) is 0 Å². The fraction of sp³-hybridized carbons (Fsp3) is 0.483. The van der Waals surface area contributed by atoms with Crippen molar-refractivity contribution >= 4 is 10.8 Å². The highest BCUT2D eigenvalue weighted by Gasteiger charge is 2.56. The molecule has 1 heteroatoms. The normalized spacial score (nSPS) is 31.3. The summed E-state index contributed by atoms with van der Waals surface area (Å²) in [6.07, 6.45) is 10.4. The number of hydrogen-bond donors (Lipinski definition) is 0. The van der Waals surface area contributed by atoms with Gasteiger partial charge >= 0.3 is 0 Å². The molecule has 154 valence electrons. The minimum absolute atomic E-state index is 0.0640. The Hall–Kier alpha value is -2.15. The van der Waals surface area contributed by atoms with Crippen molar-refractivity contribution in [3.8, 4) is 11.3 Å². The number of hydrogen-bond acceptors (Lipinski definition) is 0. The number of fused-ring (bicyclic) bond motifs is 6. The van der Waals surface area contributed by atoms with Gasteiger partial charge in [0.2, 0.25) is 5.69 Å². The van der Waals surface area contributed by atoms with Crippen molar-refractivity contribution in [2.45, 2.75) is 89.0 Å². The van der Waals surface area contributed by atoms with Crippen LogP contribution in [0.15, 0.2) is 48.7 Å². The molecule has 1 aliphatic heterocycles. The van der Waals surface area contributed by atoms with Crippen molar-refractivity contribution < 1.29 is 4.57 Å². The van der Waals surface area contributed by atoms with Gasteiger partial charge in [-0.1, -0.05) is 38.1 Å². The molecule has 0 amide bonds. The van der Waals surface area contributed by atoms with E-state index in [0.29, 0.717) is 0 Å². The molecule has 0 N–H and O–H groups in total. The van der Waals surface area contributed by atoms with Crippen LogP contribution in [0.5, 0.6) is 0 Å². The summed E-state index contributed by atoms with van der Waals surface area (Å²) in [4.78, 5) is 0. The molecule has 3 aromatic rings. The quantitative estimate of drug-likeness (QED) is 0.399. The van der Waals surface area contributed by atoms with Crippen molar-refractivity contribution in [3.63, 3.8) is 0 Å². The van der Waals surface area contributed by atoms with Gasteiger partial charge in [-0.15, -0.1) is 0 Å². The first-order valence-corrected chi connectivity index (χ1v) is 12.1. The zero-order valence-electron chi connectivity index (χ0n) is 19.0. The van der Waals surface area contributed by atoms with E-state index in [4.69, 9.17) is 0 Å². The highest BCUT2D eigenvalue weighted by molar-refractivity contribution is 5.86. The van der Waals surface area contributed by atoms with Gasteiger partial charge in [-0.05, 0) is 85.1 Å². The molecule has 1 fully saturated rings. The largest absolute Gasteiger partial charge is 0.213 e. The molecular weight excluding hydrogens is 362 g/mol. The van der Waals surface area contributed by atoms with E-state index < -0.39 is 0 Å². The molecule has 30 heavy (non-hydrogen) atoms. The van der Waals surface area contributed by atoms with Gasteiger partial charge in [0.1, 0.15) is 0 Å². The molecule has 1 aromatic heterocycles. The molecule has 0 saturated heterocycles. The standard InChI is InChI=1S/C29H34N/c1-5-28(3)26-10-8-7-9-23(26)27-17-21-15-24-19-11-13-20(14-12-19)25(24)16-22(21)18-30(27)29(28,4)6-2/h7-10,15-20H,5-6,11-14H2,1-4H3/q+1. The topological polar surface area (TPSA) is 3.88 Å². The van der Waals surface area contributed by atoms with Crippen molar-refractivity contribution in [2.75, 3.05) is 0 Å². The van der Waals surface area contributed by atoms with Crippen molar-refractivity contribution in [3.05, 3.63) is 65.4 Å². The Bertz CT molecular complexity index is 1170. The molecule has 7 rings (SSSR count). The summed E-state index contributed by atoms with van der Waals surface area (Å²) in [6.45, 7) is 9.71. The zero-order chi connectivity index (χ0) is 20.7. The van der Waals surface area contributed by atoms with E-state index in [1.807, 2.05) is 0 Å². The summed E-state index contributed by atoms with van der Waals surface area (Å²) in [7, 11) is 0. The van der Waals surface area contributed by atoms with Gasteiger partial charge in [0.05, 0.1) is 11.0 Å². The highest BCUT2D eigenvalue weighted by atomic mass is 15.1. The summed E-state index contributed by atoms with van der Waals surface area (Å²) in [5, 5.41) is 2.86. The predicted molar refractivity (Wildman–Crippen MR) is 125 cm³/mol. The molecule has 3 aliphatic carbocycles. The summed E-state index contributed by atoms with van der Waals surface area (Å²) in [5.74, 6) is 1.60. The van der Waals surface area contributed by atoms with Gasteiger partial charge < -0.3 is 0 Å². The third-order valence-electron chi connectivity index (χ3n) is 9.63. The first-order valence-electron chi connectivity index (χ1n) is 12.1. The second kappa shape index (κ2) is 6.19. The van der Waals surface area contributed by atoms with E-state index >= 15 is 0 Å². The van der Waals surface area contributed by atoms with E-state index in [2.05, 4.69) is 80.9 Å². The summed E-state index contributed by atoms with van der Waals surface area (Å²) < 4.78 is 2.65. The van der Waals surface area contributed by atoms with Gasteiger partial charge in [-0.2, -0.15) is 4.57 Å². The second-order valence-electron chi connectivity index (χ2n) is 10.5. The molecule has 2 atom stereocenters. The predicted octanol–water partition coefficient (Wildman–Crippen LogP) is 7.36. The summed E-state index contributed by atoms with van der Waals surface area (Å²) in [5.41, 5.74) is 7.86. The van der Waals surface area contributed by atoms with E-state index in [1.165, 1.54) is 53.3 Å². The third-order valence-corrected chi connectivity index (χ3v) is 9.63. The number of aromatic nitrogens is 1. The van der Waals surface area contributed by atoms with Crippen LogP contribution < -0.4 is 4.57 Å². The number of nitrogens with zero attached hydrogens (tertiary/aromatic N) is 1. The molecule has 1 saturated carbocycles. The van der Waals surface area contributed by atoms with Crippen LogP contribution in [-0.2, 0) is 11.0 Å². The van der Waals surface area contributed by atoms with E-state index in [9.17, 15) is 0 Å². The second-order valence-corrected chi connectivity index (χ2v) is 10.5. The van der Waals surface area contributed by atoms with Gasteiger partial charge in [0, 0.05) is 24.8 Å². The lowest BCUT2D eigenvalue weighted by Crippen LogP contribution is -2.67. The van der Waals surface area contributed by atoms with E-state index in [-0.39, 0.29) is 11.0 Å². The Labute approximate surface area is 181 Å². The highest BCUT2D eigenvalue weighted by Crippen LogP contribution is 2.52. The van der Waals surface area contributed by atoms with Gasteiger partial charge in [0.15, 0.2) is 11.7 Å². The number of pyridine rings is 1. The lowest BCUT2D eigenvalue weighted by molar-refractivity contribution is -0.764. The molecule has 2 aromatic carbocycles. The maximum absolute atomic E-state index is 2.65. The number of rotatable bonds is 2. The fourth-order valence-corrected chi connectivity index (χ4v) is 7.24. The maximum atomic E-state index is 2.65. The Morgan fingerprint density at radius 1 is 0.833 bits per heavy atom. The van der Waals surface area contributed by atoms with Crippen LogP contribution in [0.1, 0.15) is 94.7 Å². The first kappa shape index (κ1) is 18.6.